The summed E-state index contributed by atoms with van der Waals surface area (Å²) in [5, 5.41) is 0.156. The Morgan fingerprint density at radius 3 is 2.88 bits per heavy atom. The van der Waals surface area contributed by atoms with E-state index in [4.69, 9.17) is 25.5 Å². The molecule has 25 heavy (non-hydrogen) atoms. The van der Waals surface area contributed by atoms with E-state index in [2.05, 4.69) is 4.98 Å². The second kappa shape index (κ2) is 7.84. The maximum absolute atomic E-state index is 13.0. The molecule has 134 valence electrons. The fourth-order valence-corrected chi connectivity index (χ4v) is 2.89. The molecule has 0 atom stereocenters. The molecule has 1 aromatic carbocycles. The van der Waals surface area contributed by atoms with Crippen LogP contribution in [-0.4, -0.2) is 42.1 Å². The fourth-order valence-electron chi connectivity index (χ4n) is 2.66. The first-order chi connectivity index (χ1) is 12.1. The van der Waals surface area contributed by atoms with Gasteiger partial charge in [-0.3, -0.25) is 4.79 Å². The minimum absolute atomic E-state index is 0.00954. The summed E-state index contributed by atoms with van der Waals surface area (Å²) in [5.41, 5.74) is 0.236. The van der Waals surface area contributed by atoms with Crippen molar-refractivity contribution in [2.75, 3.05) is 20.2 Å². The average Bonchev–Trinajstić information content (AvgIpc) is 3.09. The molecule has 2 heterocycles. The van der Waals surface area contributed by atoms with E-state index in [1.54, 1.807) is 12.0 Å². The molecule has 1 aromatic heterocycles. The van der Waals surface area contributed by atoms with Crippen LogP contribution in [0, 0.1) is 5.82 Å². The number of nitrogens with zero attached hydrogens (tertiary/aromatic N) is 2. The highest BCUT2D eigenvalue weighted by Gasteiger charge is 2.25. The summed E-state index contributed by atoms with van der Waals surface area (Å²) in [6.07, 6.45) is 3.12. The van der Waals surface area contributed by atoms with Gasteiger partial charge in [0.25, 0.3) is 5.91 Å². The van der Waals surface area contributed by atoms with Gasteiger partial charge in [0.15, 0.2) is 12.3 Å². The molecule has 0 bridgehead atoms. The lowest BCUT2D eigenvalue weighted by Gasteiger charge is -2.30. The van der Waals surface area contributed by atoms with Crippen molar-refractivity contribution in [1.82, 2.24) is 9.88 Å². The SMILES string of the molecule is COC1CCN(C(=O)c2coc(COc3ccc(F)cc3Cl)n2)CC1. The largest absolute Gasteiger partial charge is 0.482 e. The molecule has 0 N–H and O–H groups in total. The number of carbonyl (C=O) groups excluding carboxylic acids is 1. The number of halogens is 2. The van der Waals surface area contributed by atoms with E-state index < -0.39 is 5.82 Å². The molecule has 0 spiro atoms. The Bertz CT molecular complexity index is 744. The molecule has 3 rings (SSSR count). The molecule has 1 aliphatic rings. The third-order valence-corrected chi connectivity index (χ3v) is 4.37. The third-order valence-electron chi connectivity index (χ3n) is 4.08. The highest BCUT2D eigenvalue weighted by atomic mass is 35.5. The number of ether oxygens (including phenoxy) is 2. The van der Waals surface area contributed by atoms with Gasteiger partial charge in [-0.1, -0.05) is 11.6 Å². The molecule has 1 fully saturated rings. The van der Waals surface area contributed by atoms with E-state index in [9.17, 15) is 9.18 Å². The standard InChI is InChI=1S/C17H18ClFN2O4/c1-23-12-4-6-21(7-5-12)17(22)14-9-25-16(20-14)10-24-15-3-2-11(19)8-13(15)18/h2-3,8-9,12H,4-7,10H2,1H3. The summed E-state index contributed by atoms with van der Waals surface area (Å²) in [5.74, 6) is -0.0609. The predicted octanol–water partition coefficient (Wildman–Crippen LogP) is 3.30. The second-order valence-corrected chi connectivity index (χ2v) is 6.12. The van der Waals surface area contributed by atoms with Gasteiger partial charge in [0.2, 0.25) is 5.89 Å². The molecular formula is C17H18ClFN2O4. The van der Waals surface area contributed by atoms with Crippen LogP contribution in [0.25, 0.3) is 0 Å². The Balaban J connectivity index is 1.57. The molecule has 0 saturated carbocycles. The molecule has 6 nitrogen and oxygen atoms in total. The summed E-state index contributed by atoms with van der Waals surface area (Å²) in [7, 11) is 1.68. The van der Waals surface area contributed by atoms with Gasteiger partial charge in [-0.05, 0) is 31.0 Å². The number of aromatic nitrogens is 1. The minimum atomic E-state index is -0.446. The Hall–Kier alpha value is -2.12. The Morgan fingerprint density at radius 2 is 2.20 bits per heavy atom. The van der Waals surface area contributed by atoms with Crippen molar-refractivity contribution < 1.29 is 23.1 Å². The number of rotatable bonds is 5. The van der Waals surface area contributed by atoms with Gasteiger partial charge in [-0.2, -0.15) is 0 Å². The van der Waals surface area contributed by atoms with Crippen molar-refractivity contribution in [3.8, 4) is 5.75 Å². The normalized spacial score (nSPS) is 15.4. The van der Waals surface area contributed by atoms with Gasteiger partial charge in [0.05, 0.1) is 11.1 Å². The van der Waals surface area contributed by atoms with Gasteiger partial charge in [-0.15, -0.1) is 0 Å². The van der Waals surface area contributed by atoms with Crippen LogP contribution in [0.1, 0.15) is 29.2 Å². The minimum Gasteiger partial charge on any atom is -0.482 e. The van der Waals surface area contributed by atoms with Crippen LogP contribution < -0.4 is 4.74 Å². The van der Waals surface area contributed by atoms with E-state index in [0.717, 1.165) is 18.9 Å². The number of amides is 1. The lowest BCUT2D eigenvalue weighted by molar-refractivity contribution is 0.0347. The van der Waals surface area contributed by atoms with E-state index in [0.29, 0.717) is 18.8 Å². The summed E-state index contributed by atoms with van der Waals surface area (Å²) < 4.78 is 29.0. The van der Waals surface area contributed by atoms with Crippen molar-refractivity contribution in [1.29, 1.82) is 0 Å². The number of oxazole rings is 1. The van der Waals surface area contributed by atoms with E-state index in [1.165, 1.54) is 18.4 Å². The smallest absolute Gasteiger partial charge is 0.275 e. The fraction of sp³-hybridized carbons (Fsp3) is 0.412. The molecule has 0 unspecified atom stereocenters. The second-order valence-electron chi connectivity index (χ2n) is 5.72. The van der Waals surface area contributed by atoms with Crippen LogP contribution in [0.2, 0.25) is 5.02 Å². The van der Waals surface area contributed by atoms with Crippen molar-refractivity contribution in [3.05, 3.63) is 46.9 Å². The van der Waals surface area contributed by atoms with Gasteiger partial charge < -0.3 is 18.8 Å². The Morgan fingerprint density at radius 1 is 1.44 bits per heavy atom. The lowest BCUT2D eigenvalue weighted by Crippen LogP contribution is -2.40. The number of hydrogen-bond acceptors (Lipinski definition) is 5. The zero-order chi connectivity index (χ0) is 17.8. The molecule has 1 aliphatic heterocycles. The zero-order valence-electron chi connectivity index (χ0n) is 13.7. The van der Waals surface area contributed by atoms with E-state index in [-0.39, 0.29) is 35.2 Å². The van der Waals surface area contributed by atoms with Gasteiger partial charge in [0.1, 0.15) is 17.8 Å². The Kier molecular flexibility index (Phi) is 5.55. The quantitative estimate of drug-likeness (QED) is 0.810. The van der Waals surface area contributed by atoms with Crippen LogP contribution >= 0.6 is 11.6 Å². The maximum atomic E-state index is 13.0. The number of hydrogen-bond donors (Lipinski definition) is 0. The van der Waals surface area contributed by atoms with E-state index >= 15 is 0 Å². The first-order valence-electron chi connectivity index (χ1n) is 7.91. The molecule has 8 heteroatoms. The number of carbonyl (C=O) groups is 1. The lowest BCUT2D eigenvalue weighted by atomic mass is 10.1. The number of likely N-dealkylation sites (tertiary alicyclic amines) is 1. The Labute approximate surface area is 149 Å². The highest BCUT2D eigenvalue weighted by molar-refractivity contribution is 6.32. The monoisotopic (exact) mass is 368 g/mol. The summed E-state index contributed by atoms with van der Waals surface area (Å²) in [6, 6.07) is 3.83. The number of benzene rings is 1. The molecule has 2 aromatic rings. The summed E-state index contributed by atoms with van der Waals surface area (Å²) >= 11 is 5.89. The topological polar surface area (TPSA) is 64.8 Å². The average molecular weight is 369 g/mol. The first kappa shape index (κ1) is 17.7. The van der Waals surface area contributed by atoms with Crippen molar-refractivity contribution in [2.24, 2.45) is 0 Å². The molecule has 0 radical (unpaired) electrons. The third kappa shape index (κ3) is 4.29. The predicted molar refractivity (Wildman–Crippen MR) is 88.2 cm³/mol. The van der Waals surface area contributed by atoms with Crippen LogP contribution in [0.15, 0.2) is 28.9 Å². The zero-order valence-corrected chi connectivity index (χ0v) is 14.5. The summed E-state index contributed by atoms with van der Waals surface area (Å²) in [6.45, 7) is 1.24. The van der Waals surface area contributed by atoms with Gasteiger partial charge in [-0.25, -0.2) is 9.37 Å². The first-order valence-corrected chi connectivity index (χ1v) is 8.29. The highest BCUT2D eigenvalue weighted by Crippen LogP contribution is 2.25. The van der Waals surface area contributed by atoms with Crippen molar-refractivity contribution >= 4 is 17.5 Å². The number of methoxy groups -OCH3 is 1. The van der Waals surface area contributed by atoms with Crippen LogP contribution in [0.4, 0.5) is 4.39 Å². The van der Waals surface area contributed by atoms with Gasteiger partial charge in [0, 0.05) is 20.2 Å². The number of piperidine rings is 1. The van der Waals surface area contributed by atoms with Crippen LogP contribution in [-0.2, 0) is 11.3 Å². The maximum Gasteiger partial charge on any atom is 0.275 e. The molecular weight excluding hydrogens is 351 g/mol. The van der Waals surface area contributed by atoms with E-state index in [1.807, 2.05) is 0 Å². The summed E-state index contributed by atoms with van der Waals surface area (Å²) in [4.78, 5) is 18.3. The van der Waals surface area contributed by atoms with Crippen molar-refractivity contribution in [3.63, 3.8) is 0 Å². The molecule has 1 saturated heterocycles. The van der Waals surface area contributed by atoms with Gasteiger partial charge >= 0.3 is 0 Å². The van der Waals surface area contributed by atoms with Crippen LogP contribution in [0.3, 0.4) is 0 Å². The molecule has 0 aliphatic carbocycles. The molecule has 1 amide bonds. The van der Waals surface area contributed by atoms with Crippen molar-refractivity contribution in [2.45, 2.75) is 25.6 Å². The van der Waals surface area contributed by atoms with Crippen LogP contribution in [0.5, 0.6) is 5.75 Å².